The van der Waals surface area contributed by atoms with Gasteiger partial charge >= 0.3 is 5.97 Å². The Bertz CT molecular complexity index is 1360. The van der Waals surface area contributed by atoms with Crippen molar-refractivity contribution in [1.29, 1.82) is 0 Å². The third kappa shape index (κ3) is 6.74. The number of rotatable bonds is 8. The van der Waals surface area contributed by atoms with E-state index >= 15 is 0 Å². The Labute approximate surface area is 221 Å². The molecule has 2 aromatic carbocycles. The number of thioether (sulfide) groups is 1. The third-order valence-corrected chi connectivity index (χ3v) is 7.45. The van der Waals surface area contributed by atoms with Gasteiger partial charge in [0.05, 0.1) is 23.9 Å². The second kappa shape index (κ2) is 12.2. The molecule has 0 saturated heterocycles. The van der Waals surface area contributed by atoms with Crippen molar-refractivity contribution in [1.82, 2.24) is 4.98 Å². The fourth-order valence-electron chi connectivity index (χ4n) is 4.33. The summed E-state index contributed by atoms with van der Waals surface area (Å²) < 4.78 is 4.93. The molecule has 1 aliphatic rings. The summed E-state index contributed by atoms with van der Waals surface area (Å²) in [4.78, 5) is 28.9. The number of hydrogen-bond donors (Lipinski definition) is 0. The Kier molecular flexibility index (Phi) is 8.79. The number of methoxy groups -OCH3 is 1. The van der Waals surface area contributed by atoms with Crippen molar-refractivity contribution in [3.05, 3.63) is 106 Å². The van der Waals surface area contributed by atoms with Gasteiger partial charge in [-0.05, 0) is 66.7 Å². The number of carbonyl (C=O) groups excluding carboxylic acids is 2. The Morgan fingerprint density at radius 3 is 2.81 bits per heavy atom. The molecule has 0 N–H and O–H groups in total. The van der Waals surface area contributed by atoms with Gasteiger partial charge in [-0.25, -0.2) is 9.78 Å². The Morgan fingerprint density at radius 1 is 1.19 bits per heavy atom. The number of pyridine rings is 1. The number of ether oxygens (including phenoxy) is 1. The molecule has 184 valence electrons. The number of nitrogens with zero attached hydrogens (tertiary/aromatic N) is 1. The van der Waals surface area contributed by atoms with Gasteiger partial charge in [0.2, 0.25) is 0 Å². The number of fused-ring (bicyclic) bond motifs is 1. The zero-order valence-electron chi connectivity index (χ0n) is 20.3. The molecular weight excluding hydrogens is 490 g/mol. The highest BCUT2D eigenvalue weighted by molar-refractivity contribution is 8.14. The van der Waals surface area contributed by atoms with Gasteiger partial charge in [-0.3, -0.25) is 4.79 Å². The second-order valence-electron chi connectivity index (χ2n) is 8.69. The maximum absolute atomic E-state index is 12.2. The molecule has 1 aliphatic carbocycles. The molecule has 2 atom stereocenters. The van der Waals surface area contributed by atoms with Crippen LogP contribution in [0.25, 0.3) is 17.0 Å². The van der Waals surface area contributed by atoms with Crippen LogP contribution < -0.4 is 0 Å². The molecule has 6 heteroatoms. The molecule has 3 aromatic rings. The molecular formula is C30H28ClNO3S. The van der Waals surface area contributed by atoms with Crippen LogP contribution in [-0.2, 0) is 16.0 Å². The number of aryl methyl sites for hydroxylation is 1. The topological polar surface area (TPSA) is 56.3 Å². The SMILES string of the molecule is COC(=O)c1ccccc1CC[C@@H](SC(C)=O)C1=CC(/C=C/c2ccc3ccc(Cl)cc3n2)CC=C1. The van der Waals surface area contributed by atoms with Crippen LogP contribution in [0.2, 0.25) is 5.02 Å². The highest BCUT2D eigenvalue weighted by Gasteiger charge is 2.20. The first-order chi connectivity index (χ1) is 17.4. The minimum absolute atomic E-state index is 0.00147. The lowest BCUT2D eigenvalue weighted by Crippen LogP contribution is -2.14. The van der Waals surface area contributed by atoms with E-state index in [-0.39, 0.29) is 22.3 Å². The van der Waals surface area contributed by atoms with E-state index in [9.17, 15) is 9.59 Å². The van der Waals surface area contributed by atoms with Gasteiger partial charge in [-0.2, -0.15) is 0 Å². The summed E-state index contributed by atoms with van der Waals surface area (Å²) >= 11 is 7.47. The molecule has 0 bridgehead atoms. The molecule has 1 unspecified atom stereocenters. The van der Waals surface area contributed by atoms with Crippen LogP contribution in [0.4, 0.5) is 0 Å². The zero-order valence-corrected chi connectivity index (χ0v) is 21.9. The molecule has 1 aromatic heterocycles. The standard InChI is InChI=1S/C30H28ClNO3S/c1-20(33)36-29(17-13-22-7-3-4-9-27(22)30(34)35-2)24-8-5-6-21(18-24)10-15-26-16-12-23-11-14-25(31)19-28(23)32-26/h3-5,7-12,14-16,18-19,21,29H,6,13,17H2,1-2H3/b15-10+/t21?,29-/m1/s1. The normalized spacial score (nSPS) is 16.2. The molecule has 0 saturated carbocycles. The molecule has 0 spiro atoms. The number of halogens is 1. The van der Waals surface area contributed by atoms with Gasteiger partial charge in [0.15, 0.2) is 5.12 Å². The van der Waals surface area contributed by atoms with Crippen LogP contribution in [0, 0.1) is 5.92 Å². The highest BCUT2D eigenvalue weighted by atomic mass is 35.5. The second-order valence-corrected chi connectivity index (χ2v) is 10.5. The molecule has 1 heterocycles. The maximum Gasteiger partial charge on any atom is 0.338 e. The average Bonchev–Trinajstić information content (AvgIpc) is 2.89. The van der Waals surface area contributed by atoms with E-state index in [1.807, 2.05) is 54.6 Å². The van der Waals surface area contributed by atoms with E-state index in [1.165, 1.54) is 18.9 Å². The first kappa shape index (κ1) is 25.9. The number of esters is 1. The molecule has 4 nitrogen and oxygen atoms in total. The van der Waals surface area contributed by atoms with Crippen LogP contribution in [0.1, 0.15) is 41.4 Å². The summed E-state index contributed by atoms with van der Waals surface area (Å²) in [7, 11) is 1.39. The van der Waals surface area contributed by atoms with E-state index in [0.29, 0.717) is 17.0 Å². The quantitative estimate of drug-likeness (QED) is 0.290. The lowest BCUT2D eigenvalue weighted by molar-refractivity contribution is -0.109. The Hall–Kier alpha value is -3.15. The van der Waals surface area contributed by atoms with E-state index in [2.05, 4.69) is 24.3 Å². The van der Waals surface area contributed by atoms with E-state index in [4.69, 9.17) is 21.3 Å². The predicted molar refractivity (Wildman–Crippen MR) is 149 cm³/mol. The van der Waals surface area contributed by atoms with Crippen molar-refractivity contribution in [3.63, 3.8) is 0 Å². The number of aromatic nitrogens is 1. The predicted octanol–water partition coefficient (Wildman–Crippen LogP) is 7.47. The lowest BCUT2D eigenvalue weighted by Gasteiger charge is -2.21. The molecule has 0 radical (unpaired) electrons. The largest absolute Gasteiger partial charge is 0.465 e. The zero-order chi connectivity index (χ0) is 25.5. The van der Waals surface area contributed by atoms with Gasteiger partial charge < -0.3 is 4.74 Å². The summed E-state index contributed by atoms with van der Waals surface area (Å²) in [5.74, 6) is -0.132. The van der Waals surface area contributed by atoms with Crippen molar-refractivity contribution in [2.24, 2.45) is 5.92 Å². The number of carbonyl (C=O) groups is 2. The molecule has 0 fully saturated rings. The lowest BCUT2D eigenvalue weighted by atomic mass is 9.91. The van der Waals surface area contributed by atoms with Crippen molar-refractivity contribution in [2.75, 3.05) is 7.11 Å². The Balaban J connectivity index is 1.50. The number of hydrogen-bond acceptors (Lipinski definition) is 5. The van der Waals surface area contributed by atoms with Crippen LogP contribution in [0.5, 0.6) is 0 Å². The first-order valence-electron chi connectivity index (χ1n) is 11.9. The van der Waals surface area contributed by atoms with Gasteiger partial charge in [0.1, 0.15) is 0 Å². The maximum atomic E-state index is 12.2. The van der Waals surface area contributed by atoms with Crippen molar-refractivity contribution in [2.45, 2.75) is 31.4 Å². The van der Waals surface area contributed by atoms with Crippen molar-refractivity contribution in [3.8, 4) is 0 Å². The average molecular weight is 518 g/mol. The van der Waals surface area contributed by atoms with Gasteiger partial charge in [0, 0.05) is 22.6 Å². The molecule has 0 amide bonds. The monoisotopic (exact) mass is 517 g/mol. The third-order valence-electron chi connectivity index (χ3n) is 6.09. The summed E-state index contributed by atoms with van der Waals surface area (Å²) in [6, 6.07) is 17.2. The summed E-state index contributed by atoms with van der Waals surface area (Å²) in [6.07, 6.45) is 13.0. The summed E-state index contributed by atoms with van der Waals surface area (Å²) in [6.45, 7) is 1.60. The molecule has 36 heavy (non-hydrogen) atoms. The Morgan fingerprint density at radius 2 is 2.00 bits per heavy atom. The highest BCUT2D eigenvalue weighted by Crippen LogP contribution is 2.31. The molecule has 0 aliphatic heterocycles. The smallest absolute Gasteiger partial charge is 0.338 e. The molecule has 4 rings (SSSR count). The van der Waals surface area contributed by atoms with Crippen LogP contribution >= 0.6 is 23.4 Å². The van der Waals surface area contributed by atoms with Gasteiger partial charge in [-0.15, -0.1) is 0 Å². The van der Waals surface area contributed by atoms with E-state index < -0.39 is 0 Å². The van der Waals surface area contributed by atoms with Crippen molar-refractivity contribution < 1.29 is 14.3 Å². The fourth-order valence-corrected chi connectivity index (χ4v) is 5.43. The fraction of sp³-hybridized carbons (Fsp3) is 0.233. The summed E-state index contributed by atoms with van der Waals surface area (Å²) in [5, 5.41) is 1.80. The number of benzene rings is 2. The number of allylic oxidation sites excluding steroid dienone is 4. The minimum Gasteiger partial charge on any atom is -0.465 e. The summed E-state index contributed by atoms with van der Waals surface area (Å²) in [5.41, 5.74) is 4.38. The van der Waals surface area contributed by atoms with E-state index in [0.717, 1.165) is 40.6 Å². The van der Waals surface area contributed by atoms with Crippen molar-refractivity contribution >= 4 is 51.4 Å². The first-order valence-corrected chi connectivity index (χ1v) is 13.1. The van der Waals surface area contributed by atoms with Crippen LogP contribution in [0.3, 0.4) is 0 Å². The minimum atomic E-state index is -0.340. The van der Waals surface area contributed by atoms with Gasteiger partial charge in [-0.1, -0.05) is 78.0 Å². The van der Waals surface area contributed by atoms with E-state index in [1.54, 1.807) is 13.0 Å². The van der Waals surface area contributed by atoms with Crippen LogP contribution in [-0.4, -0.2) is 28.4 Å². The van der Waals surface area contributed by atoms with Gasteiger partial charge in [0.25, 0.3) is 0 Å². The van der Waals surface area contributed by atoms with Crippen LogP contribution in [0.15, 0.2) is 84.5 Å².